The van der Waals surface area contributed by atoms with Crippen molar-refractivity contribution >= 4 is 35.4 Å². The number of rotatable bonds is 4. The number of carbonyl (C=O) groups excluding carboxylic acids is 2. The molecule has 7 heteroatoms. The molecule has 5 nitrogen and oxygen atoms in total. The van der Waals surface area contributed by atoms with Crippen LogP contribution in [-0.4, -0.2) is 52.1 Å². The van der Waals surface area contributed by atoms with Crippen LogP contribution in [0.1, 0.15) is 5.56 Å². The Morgan fingerprint density at radius 3 is 2.86 bits per heavy atom. The van der Waals surface area contributed by atoms with Crippen LogP contribution in [0.25, 0.3) is 0 Å². The monoisotopic (exact) mass is 338 g/mol. The largest absolute Gasteiger partial charge is 0.459 e. The zero-order chi connectivity index (χ0) is 15.4. The van der Waals surface area contributed by atoms with Crippen molar-refractivity contribution in [2.75, 3.05) is 23.9 Å². The second-order valence-electron chi connectivity index (χ2n) is 5.16. The molecular formula is C15H18N2O3S2. The van der Waals surface area contributed by atoms with E-state index >= 15 is 0 Å². The number of hydrogen-bond donors (Lipinski definition) is 1. The van der Waals surface area contributed by atoms with Gasteiger partial charge in [-0.1, -0.05) is 30.3 Å². The highest BCUT2D eigenvalue weighted by atomic mass is 32.2. The molecule has 2 aliphatic heterocycles. The highest BCUT2D eigenvalue weighted by molar-refractivity contribution is 8.00. The quantitative estimate of drug-likeness (QED) is 0.835. The van der Waals surface area contributed by atoms with Gasteiger partial charge in [-0.2, -0.15) is 0 Å². The summed E-state index contributed by atoms with van der Waals surface area (Å²) >= 11 is 3.20. The Balaban J connectivity index is 1.47. The van der Waals surface area contributed by atoms with Gasteiger partial charge in [0.25, 0.3) is 0 Å². The first-order valence-corrected chi connectivity index (χ1v) is 9.39. The molecule has 118 valence electrons. The number of amides is 1. The second kappa shape index (κ2) is 7.39. The lowest BCUT2D eigenvalue weighted by molar-refractivity contribution is -0.145. The van der Waals surface area contributed by atoms with Gasteiger partial charge in [-0.3, -0.25) is 10.1 Å². The first-order chi connectivity index (χ1) is 10.7. The van der Waals surface area contributed by atoms with E-state index < -0.39 is 5.37 Å². The van der Waals surface area contributed by atoms with Gasteiger partial charge in [0.05, 0.1) is 11.9 Å². The number of esters is 1. The summed E-state index contributed by atoms with van der Waals surface area (Å²) in [5.74, 6) is 2.15. The molecule has 2 heterocycles. The van der Waals surface area contributed by atoms with E-state index in [0.717, 1.165) is 23.7 Å². The van der Waals surface area contributed by atoms with Crippen molar-refractivity contribution in [3.8, 4) is 0 Å². The zero-order valence-corrected chi connectivity index (χ0v) is 13.7. The normalized spacial score (nSPS) is 24.5. The van der Waals surface area contributed by atoms with Crippen LogP contribution in [0, 0.1) is 0 Å². The molecule has 2 fully saturated rings. The van der Waals surface area contributed by atoms with E-state index in [0.29, 0.717) is 5.75 Å². The van der Waals surface area contributed by atoms with Crippen LogP contribution in [0.4, 0.5) is 0 Å². The number of nitrogens with zero attached hydrogens (tertiary/aromatic N) is 1. The van der Waals surface area contributed by atoms with E-state index in [1.54, 1.807) is 11.8 Å². The highest BCUT2D eigenvalue weighted by Gasteiger charge is 2.37. The Bertz CT molecular complexity index is 535. The first kappa shape index (κ1) is 15.7. The van der Waals surface area contributed by atoms with Crippen LogP contribution in [0.2, 0.25) is 0 Å². The average Bonchev–Trinajstić information content (AvgIpc) is 3.24. The summed E-state index contributed by atoms with van der Waals surface area (Å²) in [6.45, 7) is 1.06. The topological polar surface area (TPSA) is 58.6 Å². The van der Waals surface area contributed by atoms with Gasteiger partial charge in [-0.15, -0.1) is 23.5 Å². The molecule has 1 aromatic carbocycles. The third kappa shape index (κ3) is 3.77. The van der Waals surface area contributed by atoms with Crippen LogP contribution in [-0.2, 0) is 20.9 Å². The standard InChI is InChI=1S/C15H18N2O3S2/c18-14(17-6-7-21-10-17)12-9-22-13(16-12)15(19)20-8-11-4-2-1-3-5-11/h1-5,12-13,16H,6-10H2. The maximum atomic E-state index is 12.3. The first-order valence-electron chi connectivity index (χ1n) is 7.19. The van der Waals surface area contributed by atoms with Gasteiger partial charge >= 0.3 is 5.97 Å². The predicted octanol–water partition coefficient (Wildman–Crippen LogP) is 1.29. The molecule has 0 radical (unpaired) electrons. The Morgan fingerprint density at radius 1 is 1.32 bits per heavy atom. The fraction of sp³-hybridized carbons (Fsp3) is 0.467. The summed E-state index contributed by atoms with van der Waals surface area (Å²) in [6.07, 6.45) is 0. The van der Waals surface area contributed by atoms with Gasteiger partial charge in [-0.25, -0.2) is 4.79 Å². The van der Waals surface area contributed by atoms with Crippen molar-refractivity contribution in [2.45, 2.75) is 18.0 Å². The van der Waals surface area contributed by atoms with Crippen LogP contribution >= 0.6 is 23.5 Å². The summed E-state index contributed by atoms with van der Waals surface area (Å²) in [5, 5.41) is 2.64. The fourth-order valence-corrected chi connectivity index (χ4v) is 4.41. The Hall–Kier alpha value is -1.18. The molecule has 2 atom stereocenters. The van der Waals surface area contributed by atoms with E-state index in [-0.39, 0.29) is 24.5 Å². The predicted molar refractivity (Wildman–Crippen MR) is 88.4 cm³/mol. The molecule has 3 rings (SSSR count). The van der Waals surface area contributed by atoms with Crippen LogP contribution < -0.4 is 5.32 Å². The molecule has 2 unspecified atom stereocenters. The summed E-state index contributed by atoms with van der Waals surface area (Å²) in [5.41, 5.74) is 0.959. The van der Waals surface area contributed by atoms with Gasteiger partial charge in [0, 0.05) is 18.1 Å². The maximum absolute atomic E-state index is 12.3. The van der Waals surface area contributed by atoms with Gasteiger partial charge < -0.3 is 9.64 Å². The van der Waals surface area contributed by atoms with E-state index in [1.165, 1.54) is 11.8 Å². The maximum Gasteiger partial charge on any atom is 0.333 e. The molecule has 0 spiro atoms. The van der Waals surface area contributed by atoms with E-state index in [1.807, 2.05) is 35.2 Å². The van der Waals surface area contributed by atoms with Crippen LogP contribution in [0.15, 0.2) is 30.3 Å². The van der Waals surface area contributed by atoms with E-state index in [4.69, 9.17) is 4.74 Å². The van der Waals surface area contributed by atoms with Gasteiger partial charge in [0.15, 0.2) is 5.37 Å². The SMILES string of the molecule is O=C(OCc1ccccc1)C1NC(C(=O)N2CCSC2)CS1. The lowest BCUT2D eigenvalue weighted by atomic mass is 10.2. The Kier molecular flexibility index (Phi) is 5.28. The molecule has 0 aliphatic carbocycles. The van der Waals surface area contributed by atoms with Gasteiger partial charge in [0.1, 0.15) is 6.61 Å². The molecule has 1 aromatic rings. The lowest BCUT2D eigenvalue weighted by Crippen LogP contribution is -2.47. The smallest absolute Gasteiger partial charge is 0.333 e. The molecule has 22 heavy (non-hydrogen) atoms. The van der Waals surface area contributed by atoms with Crippen molar-refractivity contribution in [1.29, 1.82) is 0 Å². The van der Waals surface area contributed by atoms with Crippen molar-refractivity contribution in [2.24, 2.45) is 0 Å². The number of ether oxygens (including phenoxy) is 1. The molecule has 2 aliphatic rings. The van der Waals surface area contributed by atoms with Crippen molar-refractivity contribution in [3.63, 3.8) is 0 Å². The Morgan fingerprint density at radius 2 is 2.14 bits per heavy atom. The van der Waals surface area contributed by atoms with E-state index in [2.05, 4.69) is 5.32 Å². The second-order valence-corrected chi connectivity index (χ2v) is 7.38. The molecule has 2 saturated heterocycles. The van der Waals surface area contributed by atoms with Gasteiger partial charge in [0.2, 0.25) is 5.91 Å². The highest BCUT2D eigenvalue weighted by Crippen LogP contribution is 2.23. The molecule has 0 bridgehead atoms. The minimum absolute atomic E-state index is 0.0934. The number of thioether (sulfide) groups is 2. The third-order valence-corrected chi connectivity index (χ3v) is 5.74. The summed E-state index contributed by atoms with van der Waals surface area (Å²) in [7, 11) is 0. The summed E-state index contributed by atoms with van der Waals surface area (Å²) in [4.78, 5) is 26.2. The van der Waals surface area contributed by atoms with Crippen molar-refractivity contribution in [3.05, 3.63) is 35.9 Å². The molecule has 0 saturated carbocycles. The molecular weight excluding hydrogens is 320 g/mol. The molecule has 1 amide bonds. The van der Waals surface area contributed by atoms with Crippen LogP contribution in [0.3, 0.4) is 0 Å². The fourth-order valence-electron chi connectivity index (χ4n) is 2.36. The minimum atomic E-state index is -0.451. The number of benzene rings is 1. The Labute approximate surface area is 138 Å². The zero-order valence-electron chi connectivity index (χ0n) is 12.1. The van der Waals surface area contributed by atoms with Crippen LogP contribution in [0.5, 0.6) is 0 Å². The van der Waals surface area contributed by atoms with Crippen molar-refractivity contribution < 1.29 is 14.3 Å². The number of nitrogens with one attached hydrogen (secondary N) is 1. The average molecular weight is 338 g/mol. The third-order valence-electron chi connectivity index (χ3n) is 3.58. The summed E-state index contributed by atoms with van der Waals surface area (Å²) < 4.78 is 5.31. The van der Waals surface area contributed by atoms with Gasteiger partial charge in [-0.05, 0) is 5.56 Å². The molecule has 1 N–H and O–H groups in total. The molecule has 0 aromatic heterocycles. The lowest BCUT2D eigenvalue weighted by Gasteiger charge is -2.19. The van der Waals surface area contributed by atoms with E-state index in [9.17, 15) is 9.59 Å². The minimum Gasteiger partial charge on any atom is -0.459 e. The van der Waals surface area contributed by atoms with Crippen molar-refractivity contribution in [1.82, 2.24) is 10.2 Å². The summed E-state index contributed by atoms with van der Waals surface area (Å²) in [6, 6.07) is 9.30. The number of carbonyl (C=O) groups is 2. The number of hydrogen-bond acceptors (Lipinski definition) is 6.